The Bertz CT molecular complexity index is 1030. The Morgan fingerprint density at radius 1 is 1.24 bits per heavy atom. The van der Waals surface area contributed by atoms with Crippen molar-refractivity contribution in [3.05, 3.63) is 59.4 Å². The number of urea groups is 1. The number of nitrogens with zero attached hydrogens (tertiary/aromatic N) is 3. The number of hydrogen-bond donors (Lipinski definition) is 2. The van der Waals surface area contributed by atoms with Crippen LogP contribution in [0.15, 0.2) is 53.1 Å². The summed E-state index contributed by atoms with van der Waals surface area (Å²) in [6, 6.07) is 14.1. The van der Waals surface area contributed by atoms with Gasteiger partial charge in [-0.1, -0.05) is 22.8 Å². The molecule has 1 aliphatic heterocycles. The number of aromatic nitrogens is 2. The average Bonchev–Trinajstić information content (AvgIpc) is 3.36. The van der Waals surface area contributed by atoms with E-state index in [1.165, 1.54) is 0 Å². The lowest BCUT2D eigenvalue weighted by molar-refractivity contribution is -0.116. The average molecular weight is 412 g/mol. The predicted octanol–water partition coefficient (Wildman–Crippen LogP) is 3.49. The van der Waals surface area contributed by atoms with E-state index in [0.29, 0.717) is 41.9 Å². The molecule has 0 unspecified atom stereocenters. The van der Waals surface area contributed by atoms with Gasteiger partial charge in [-0.05, 0) is 42.5 Å². The number of aryl methyl sites for hydroxylation is 1. The summed E-state index contributed by atoms with van der Waals surface area (Å²) in [5.41, 5.74) is 2.15. The van der Waals surface area contributed by atoms with Crippen molar-refractivity contribution in [1.29, 1.82) is 0 Å². The van der Waals surface area contributed by atoms with Gasteiger partial charge in [-0.3, -0.25) is 9.69 Å². The van der Waals surface area contributed by atoms with Crippen molar-refractivity contribution in [3.63, 3.8) is 0 Å². The van der Waals surface area contributed by atoms with Crippen LogP contribution < -0.4 is 15.5 Å². The third-order valence-electron chi connectivity index (χ3n) is 4.43. The number of carbonyl (C=O) groups excluding carboxylic acids is 2. The molecule has 0 radical (unpaired) electrons. The van der Waals surface area contributed by atoms with Gasteiger partial charge in [0.25, 0.3) is 0 Å². The van der Waals surface area contributed by atoms with Crippen LogP contribution in [0.25, 0.3) is 11.4 Å². The van der Waals surface area contributed by atoms with Crippen molar-refractivity contribution < 1.29 is 14.1 Å². The Morgan fingerprint density at radius 3 is 2.83 bits per heavy atom. The molecule has 1 aromatic heterocycles. The fourth-order valence-corrected chi connectivity index (χ4v) is 3.11. The molecule has 0 bridgehead atoms. The molecule has 2 aromatic carbocycles. The first-order chi connectivity index (χ1) is 14.1. The molecule has 0 spiro atoms. The number of carbonyl (C=O) groups is 2. The van der Waals surface area contributed by atoms with E-state index in [2.05, 4.69) is 20.8 Å². The van der Waals surface area contributed by atoms with E-state index in [1.807, 2.05) is 6.07 Å². The Kier molecular flexibility index (Phi) is 5.44. The van der Waals surface area contributed by atoms with Crippen LogP contribution in [0.4, 0.5) is 16.2 Å². The van der Waals surface area contributed by atoms with Crippen LogP contribution in [0, 0.1) is 0 Å². The summed E-state index contributed by atoms with van der Waals surface area (Å²) in [7, 11) is 0. The summed E-state index contributed by atoms with van der Waals surface area (Å²) in [5, 5.41) is 10.2. The second kappa shape index (κ2) is 8.32. The van der Waals surface area contributed by atoms with Crippen LogP contribution in [0.5, 0.6) is 0 Å². The highest BCUT2D eigenvalue weighted by Crippen LogP contribution is 2.22. The molecule has 148 valence electrons. The van der Waals surface area contributed by atoms with E-state index in [4.69, 9.17) is 16.1 Å². The van der Waals surface area contributed by atoms with Crippen LogP contribution in [0.1, 0.15) is 12.3 Å². The highest BCUT2D eigenvalue weighted by Gasteiger charge is 2.21. The smallest absolute Gasteiger partial charge is 0.321 e. The standard InChI is InChI=1S/C20H18ClN5O3/c21-14-6-4-13(5-7-14)19-24-18(29-25-19)9-8-17(27)23-15-2-1-3-16(12-15)26-11-10-22-20(26)28/h1-7,12H,8-11H2,(H,22,28)(H,23,27). The normalized spacial score (nSPS) is 13.4. The summed E-state index contributed by atoms with van der Waals surface area (Å²) < 4.78 is 5.22. The van der Waals surface area contributed by atoms with Gasteiger partial charge in [-0.2, -0.15) is 4.98 Å². The van der Waals surface area contributed by atoms with Crippen molar-refractivity contribution in [3.8, 4) is 11.4 Å². The molecule has 8 nitrogen and oxygen atoms in total. The Balaban J connectivity index is 1.34. The summed E-state index contributed by atoms with van der Waals surface area (Å²) in [6.07, 6.45) is 0.511. The number of hydrogen-bond acceptors (Lipinski definition) is 5. The maximum absolute atomic E-state index is 12.3. The fraction of sp³-hybridized carbons (Fsp3) is 0.200. The highest BCUT2D eigenvalue weighted by molar-refractivity contribution is 6.30. The molecule has 9 heteroatoms. The van der Waals surface area contributed by atoms with E-state index in [-0.39, 0.29) is 18.4 Å². The maximum Gasteiger partial charge on any atom is 0.321 e. The second-order valence-corrected chi connectivity index (χ2v) is 6.94. The molecule has 1 saturated heterocycles. The van der Waals surface area contributed by atoms with Gasteiger partial charge in [0.2, 0.25) is 17.6 Å². The minimum absolute atomic E-state index is 0.138. The minimum Gasteiger partial charge on any atom is -0.339 e. The monoisotopic (exact) mass is 411 g/mol. The van der Waals surface area contributed by atoms with Crippen molar-refractivity contribution in [2.45, 2.75) is 12.8 Å². The molecule has 0 saturated carbocycles. The largest absolute Gasteiger partial charge is 0.339 e. The van der Waals surface area contributed by atoms with Gasteiger partial charge < -0.3 is 15.2 Å². The van der Waals surface area contributed by atoms with Crippen LogP contribution in [-0.4, -0.2) is 35.2 Å². The highest BCUT2D eigenvalue weighted by atomic mass is 35.5. The molecular formula is C20H18ClN5O3. The summed E-state index contributed by atoms with van der Waals surface area (Å²) in [6.45, 7) is 1.21. The second-order valence-electron chi connectivity index (χ2n) is 6.50. The Hall–Kier alpha value is -3.39. The minimum atomic E-state index is -0.181. The first-order valence-electron chi connectivity index (χ1n) is 9.12. The molecule has 29 heavy (non-hydrogen) atoms. The zero-order valence-corrected chi connectivity index (χ0v) is 16.1. The van der Waals surface area contributed by atoms with Gasteiger partial charge in [0.15, 0.2) is 0 Å². The van der Waals surface area contributed by atoms with Crippen molar-refractivity contribution >= 4 is 34.9 Å². The van der Waals surface area contributed by atoms with Crippen LogP contribution in [-0.2, 0) is 11.2 Å². The number of halogens is 1. The van der Waals surface area contributed by atoms with Crippen molar-refractivity contribution in [2.24, 2.45) is 0 Å². The summed E-state index contributed by atoms with van der Waals surface area (Å²) in [4.78, 5) is 30.0. The fourth-order valence-electron chi connectivity index (χ4n) is 2.99. The maximum atomic E-state index is 12.3. The molecule has 2 N–H and O–H groups in total. The van der Waals surface area contributed by atoms with Crippen LogP contribution >= 0.6 is 11.6 Å². The first-order valence-corrected chi connectivity index (χ1v) is 9.50. The van der Waals surface area contributed by atoms with E-state index in [1.54, 1.807) is 47.4 Å². The number of nitrogens with one attached hydrogen (secondary N) is 2. The van der Waals surface area contributed by atoms with Gasteiger partial charge in [0.1, 0.15) is 0 Å². The third-order valence-corrected chi connectivity index (χ3v) is 4.69. The van der Waals surface area contributed by atoms with E-state index in [9.17, 15) is 9.59 Å². The topological polar surface area (TPSA) is 100 Å². The van der Waals surface area contributed by atoms with Gasteiger partial charge in [0, 0.05) is 47.9 Å². The summed E-state index contributed by atoms with van der Waals surface area (Å²) in [5.74, 6) is 0.653. The molecule has 1 aliphatic rings. The Morgan fingerprint density at radius 2 is 2.07 bits per heavy atom. The number of amides is 3. The molecule has 0 aliphatic carbocycles. The lowest BCUT2D eigenvalue weighted by Gasteiger charge is -2.15. The molecule has 3 amide bonds. The third kappa shape index (κ3) is 4.55. The molecule has 0 atom stereocenters. The van der Waals surface area contributed by atoms with Crippen molar-refractivity contribution in [1.82, 2.24) is 15.5 Å². The van der Waals surface area contributed by atoms with E-state index in [0.717, 1.165) is 11.3 Å². The predicted molar refractivity (Wildman–Crippen MR) is 109 cm³/mol. The summed E-state index contributed by atoms with van der Waals surface area (Å²) >= 11 is 5.88. The molecule has 3 aromatic rings. The van der Waals surface area contributed by atoms with E-state index >= 15 is 0 Å². The van der Waals surface area contributed by atoms with Crippen LogP contribution in [0.2, 0.25) is 5.02 Å². The van der Waals surface area contributed by atoms with E-state index < -0.39 is 0 Å². The molecule has 1 fully saturated rings. The first kappa shape index (κ1) is 18.9. The number of benzene rings is 2. The van der Waals surface area contributed by atoms with Crippen LogP contribution in [0.3, 0.4) is 0 Å². The van der Waals surface area contributed by atoms with Gasteiger partial charge >= 0.3 is 6.03 Å². The number of rotatable bonds is 6. The zero-order valence-electron chi connectivity index (χ0n) is 15.4. The van der Waals surface area contributed by atoms with Gasteiger partial charge in [-0.25, -0.2) is 4.79 Å². The zero-order chi connectivity index (χ0) is 20.2. The quantitative estimate of drug-likeness (QED) is 0.646. The SMILES string of the molecule is O=C(CCc1nc(-c2ccc(Cl)cc2)no1)Nc1cccc(N2CCNC2=O)c1. The van der Waals surface area contributed by atoms with Gasteiger partial charge in [0.05, 0.1) is 0 Å². The van der Waals surface area contributed by atoms with Gasteiger partial charge in [-0.15, -0.1) is 0 Å². The molecular weight excluding hydrogens is 394 g/mol. The Labute approximate surface area is 171 Å². The number of anilines is 2. The molecule has 4 rings (SSSR count). The van der Waals surface area contributed by atoms with Crippen molar-refractivity contribution in [2.75, 3.05) is 23.3 Å². The molecule has 2 heterocycles. The lowest BCUT2D eigenvalue weighted by atomic mass is 10.2. The lowest BCUT2D eigenvalue weighted by Crippen LogP contribution is -2.27.